The number of benzene rings is 1. The van der Waals surface area contributed by atoms with E-state index in [1.165, 1.54) is 50.6 Å². The molecule has 19 heavy (non-hydrogen) atoms. The van der Waals surface area contributed by atoms with Gasteiger partial charge in [0.1, 0.15) is 0 Å². The van der Waals surface area contributed by atoms with E-state index >= 15 is 0 Å². The van der Waals surface area contributed by atoms with Crippen molar-refractivity contribution in [2.24, 2.45) is 5.92 Å². The molecule has 0 saturated heterocycles. The number of nitrogens with zero attached hydrogens (tertiary/aromatic N) is 1. The van der Waals surface area contributed by atoms with Crippen LogP contribution in [0.3, 0.4) is 0 Å². The smallest absolute Gasteiger partial charge is 0.0402 e. The molecule has 2 aliphatic rings. The molecule has 1 aliphatic heterocycles. The van der Waals surface area contributed by atoms with E-state index < -0.39 is 0 Å². The molecule has 2 atom stereocenters. The number of rotatable bonds is 3. The zero-order valence-electron chi connectivity index (χ0n) is 12.5. The summed E-state index contributed by atoms with van der Waals surface area (Å²) in [6.07, 6.45) is 9.51. The molecule has 2 unspecified atom stereocenters. The largest absolute Gasteiger partial charge is 0.368 e. The highest BCUT2D eigenvalue weighted by atomic mass is 15.2. The van der Waals surface area contributed by atoms with Crippen molar-refractivity contribution < 1.29 is 0 Å². The van der Waals surface area contributed by atoms with Crippen molar-refractivity contribution >= 4 is 5.69 Å². The number of fused-ring (bicyclic) bond motifs is 1. The maximum absolute atomic E-state index is 2.72. The number of hydrogen-bond donors (Lipinski definition) is 0. The number of aryl methyl sites for hydroxylation is 1. The fourth-order valence-electron chi connectivity index (χ4n) is 4.00. The molecule has 0 amide bonds. The van der Waals surface area contributed by atoms with Gasteiger partial charge in [0.25, 0.3) is 0 Å². The van der Waals surface area contributed by atoms with Crippen molar-refractivity contribution in [3.05, 3.63) is 29.3 Å². The van der Waals surface area contributed by atoms with Gasteiger partial charge in [-0.05, 0) is 48.8 Å². The van der Waals surface area contributed by atoms with Gasteiger partial charge in [0.05, 0.1) is 0 Å². The van der Waals surface area contributed by atoms with Crippen molar-refractivity contribution in [2.75, 3.05) is 11.4 Å². The topological polar surface area (TPSA) is 3.24 Å². The molecule has 1 aromatic carbocycles. The van der Waals surface area contributed by atoms with Crippen LogP contribution in [0.2, 0.25) is 0 Å². The molecule has 1 heteroatoms. The first-order valence-corrected chi connectivity index (χ1v) is 8.20. The molecule has 1 aliphatic carbocycles. The van der Waals surface area contributed by atoms with Gasteiger partial charge in [0.15, 0.2) is 0 Å². The van der Waals surface area contributed by atoms with Crippen LogP contribution in [0.4, 0.5) is 5.69 Å². The first-order chi connectivity index (χ1) is 9.31. The lowest BCUT2D eigenvalue weighted by molar-refractivity contribution is 0.305. The summed E-state index contributed by atoms with van der Waals surface area (Å²) in [7, 11) is 0. The van der Waals surface area contributed by atoms with Gasteiger partial charge in [0.2, 0.25) is 0 Å². The van der Waals surface area contributed by atoms with E-state index in [1.54, 1.807) is 11.3 Å². The summed E-state index contributed by atoms with van der Waals surface area (Å²) in [5.74, 6) is 0.970. The second kappa shape index (κ2) is 5.56. The Hall–Kier alpha value is -0.980. The maximum atomic E-state index is 2.72. The number of hydrogen-bond acceptors (Lipinski definition) is 1. The molecule has 0 spiro atoms. The Bertz CT molecular complexity index is 437. The minimum atomic E-state index is 0.812. The van der Waals surface area contributed by atoms with Gasteiger partial charge in [-0.25, -0.2) is 0 Å². The highest BCUT2D eigenvalue weighted by Crippen LogP contribution is 2.37. The molecule has 0 aromatic heterocycles. The first-order valence-electron chi connectivity index (χ1n) is 8.20. The van der Waals surface area contributed by atoms with E-state index in [0.717, 1.165) is 18.4 Å². The lowest BCUT2D eigenvalue weighted by Crippen LogP contribution is -2.37. The standard InChI is InChI=1S/C18H27N/c1-3-14-6-5-7-17(13-14)19-11-10-16-12-15(4-2)8-9-18(16)19/h8-9,12,14,17H,3-7,10-11,13H2,1-2H3. The maximum Gasteiger partial charge on any atom is 0.0402 e. The SMILES string of the molecule is CCc1ccc2c(c1)CCN2C1CCCC(CC)C1. The van der Waals surface area contributed by atoms with Crippen LogP contribution in [0.25, 0.3) is 0 Å². The van der Waals surface area contributed by atoms with Crippen LogP contribution < -0.4 is 4.90 Å². The average Bonchev–Trinajstić information content (AvgIpc) is 2.90. The van der Waals surface area contributed by atoms with Crippen molar-refractivity contribution in [2.45, 2.75) is 64.8 Å². The van der Waals surface area contributed by atoms with Crippen molar-refractivity contribution in [3.63, 3.8) is 0 Å². The van der Waals surface area contributed by atoms with Gasteiger partial charge >= 0.3 is 0 Å². The summed E-state index contributed by atoms with van der Waals surface area (Å²) in [6.45, 7) is 5.86. The van der Waals surface area contributed by atoms with Crippen LogP contribution in [0.15, 0.2) is 18.2 Å². The van der Waals surface area contributed by atoms with Crippen LogP contribution in [-0.2, 0) is 12.8 Å². The summed E-state index contributed by atoms with van der Waals surface area (Å²) < 4.78 is 0. The van der Waals surface area contributed by atoms with Crippen molar-refractivity contribution in [1.29, 1.82) is 0 Å². The molecule has 3 rings (SSSR count). The number of anilines is 1. The normalized spacial score (nSPS) is 26.5. The Morgan fingerprint density at radius 2 is 2.11 bits per heavy atom. The van der Waals surface area contributed by atoms with E-state index in [9.17, 15) is 0 Å². The summed E-state index contributed by atoms with van der Waals surface area (Å²) in [6, 6.07) is 7.97. The molecule has 1 saturated carbocycles. The predicted molar refractivity (Wildman–Crippen MR) is 82.9 cm³/mol. The van der Waals surface area contributed by atoms with Crippen molar-refractivity contribution in [3.8, 4) is 0 Å². The average molecular weight is 257 g/mol. The van der Waals surface area contributed by atoms with Gasteiger partial charge in [-0.1, -0.05) is 45.2 Å². The second-order valence-corrected chi connectivity index (χ2v) is 6.35. The van der Waals surface area contributed by atoms with Crippen LogP contribution in [0.5, 0.6) is 0 Å². The summed E-state index contributed by atoms with van der Waals surface area (Å²) >= 11 is 0. The Morgan fingerprint density at radius 3 is 2.89 bits per heavy atom. The molecule has 1 fully saturated rings. The van der Waals surface area contributed by atoms with Gasteiger partial charge < -0.3 is 4.90 Å². The van der Waals surface area contributed by atoms with Gasteiger partial charge in [0, 0.05) is 18.3 Å². The van der Waals surface area contributed by atoms with Crippen LogP contribution in [0.1, 0.15) is 57.1 Å². The second-order valence-electron chi connectivity index (χ2n) is 6.35. The monoisotopic (exact) mass is 257 g/mol. The highest BCUT2D eigenvalue weighted by molar-refractivity contribution is 5.60. The van der Waals surface area contributed by atoms with Crippen LogP contribution >= 0.6 is 0 Å². The first kappa shape index (κ1) is 13.0. The molecule has 0 radical (unpaired) electrons. The Balaban J connectivity index is 1.78. The van der Waals surface area contributed by atoms with Crippen molar-refractivity contribution in [1.82, 2.24) is 0 Å². The fraction of sp³-hybridized carbons (Fsp3) is 0.667. The molecule has 0 N–H and O–H groups in total. The predicted octanol–water partition coefficient (Wildman–Crippen LogP) is 4.58. The molecule has 1 aromatic rings. The van der Waals surface area contributed by atoms with E-state index in [-0.39, 0.29) is 0 Å². The molecular weight excluding hydrogens is 230 g/mol. The van der Waals surface area contributed by atoms with Crippen LogP contribution in [0, 0.1) is 5.92 Å². The van der Waals surface area contributed by atoms with E-state index in [2.05, 4.69) is 36.9 Å². The summed E-state index contributed by atoms with van der Waals surface area (Å²) in [5, 5.41) is 0. The zero-order chi connectivity index (χ0) is 13.2. The summed E-state index contributed by atoms with van der Waals surface area (Å²) in [5.41, 5.74) is 4.63. The minimum Gasteiger partial charge on any atom is -0.368 e. The molecule has 1 nitrogen and oxygen atoms in total. The van der Waals surface area contributed by atoms with Gasteiger partial charge in [-0.3, -0.25) is 0 Å². The molecular formula is C18H27N. The third-order valence-corrected chi connectivity index (χ3v) is 5.26. The Kier molecular flexibility index (Phi) is 3.81. The zero-order valence-corrected chi connectivity index (χ0v) is 12.5. The van der Waals surface area contributed by atoms with Gasteiger partial charge in [-0.2, -0.15) is 0 Å². The third kappa shape index (κ3) is 2.52. The molecule has 104 valence electrons. The summed E-state index contributed by atoms with van der Waals surface area (Å²) in [4.78, 5) is 2.72. The lowest BCUT2D eigenvalue weighted by atomic mass is 9.83. The lowest BCUT2D eigenvalue weighted by Gasteiger charge is -2.36. The van der Waals surface area contributed by atoms with Gasteiger partial charge in [-0.15, -0.1) is 0 Å². The quantitative estimate of drug-likeness (QED) is 0.766. The fourth-order valence-corrected chi connectivity index (χ4v) is 4.00. The Morgan fingerprint density at radius 1 is 1.21 bits per heavy atom. The molecule has 0 bridgehead atoms. The minimum absolute atomic E-state index is 0.812. The Labute approximate surface area is 118 Å². The highest BCUT2D eigenvalue weighted by Gasteiger charge is 2.30. The third-order valence-electron chi connectivity index (χ3n) is 5.26. The molecule has 1 heterocycles. The van der Waals surface area contributed by atoms with E-state index in [4.69, 9.17) is 0 Å². The van der Waals surface area contributed by atoms with E-state index in [0.29, 0.717) is 0 Å². The van der Waals surface area contributed by atoms with E-state index in [1.807, 2.05) is 0 Å². The van der Waals surface area contributed by atoms with Crippen LogP contribution in [-0.4, -0.2) is 12.6 Å².